The van der Waals surface area contributed by atoms with E-state index in [1.807, 2.05) is 38.1 Å². The first kappa shape index (κ1) is 13.5. The molecular formula is C14H18N2O3. The third-order valence-corrected chi connectivity index (χ3v) is 2.93. The van der Waals surface area contributed by atoms with Crippen LogP contribution in [0.25, 0.3) is 0 Å². The summed E-state index contributed by atoms with van der Waals surface area (Å²) in [7, 11) is 1.59. The minimum absolute atomic E-state index is 0.0126. The number of benzene rings is 1. The number of ketones is 1. The lowest BCUT2D eigenvalue weighted by atomic mass is 9.96. The van der Waals surface area contributed by atoms with Crippen LogP contribution in [0.15, 0.2) is 29.4 Å². The molecule has 0 aromatic heterocycles. The predicted octanol–water partition coefficient (Wildman–Crippen LogP) is 2.23. The summed E-state index contributed by atoms with van der Waals surface area (Å²) in [5.74, 6) is 0.690. The van der Waals surface area contributed by atoms with E-state index in [0.717, 1.165) is 5.69 Å². The van der Waals surface area contributed by atoms with E-state index >= 15 is 0 Å². The van der Waals surface area contributed by atoms with Crippen molar-refractivity contribution in [2.24, 2.45) is 5.10 Å². The topological polar surface area (TPSA) is 59.9 Å². The number of nitrogens with zero attached hydrogens (tertiary/aromatic N) is 1. The van der Waals surface area contributed by atoms with Gasteiger partial charge in [-0.15, -0.1) is 0 Å². The molecule has 5 heteroatoms. The lowest BCUT2D eigenvalue weighted by Gasteiger charge is -2.29. The minimum atomic E-state index is -0.402. The molecule has 0 radical (unpaired) electrons. The van der Waals surface area contributed by atoms with E-state index in [4.69, 9.17) is 9.47 Å². The van der Waals surface area contributed by atoms with Crippen molar-refractivity contribution in [2.75, 3.05) is 19.1 Å². The highest BCUT2D eigenvalue weighted by atomic mass is 16.5. The molecule has 0 aliphatic carbocycles. The summed E-state index contributed by atoms with van der Waals surface area (Å²) in [6.45, 7) is 4.03. The predicted molar refractivity (Wildman–Crippen MR) is 73.7 cm³/mol. The fraction of sp³-hybridized carbons (Fsp3) is 0.429. The summed E-state index contributed by atoms with van der Waals surface area (Å²) in [5.41, 5.74) is 3.58. The number of nitrogens with one attached hydrogen (secondary N) is 1. The lowest BCUT2D eigenvalue weighted by molar-refractivity contribution is -0.122. The number of para-hydroxylation sites is 2. The Morgan fingerprint density at radius 1 is 1.37 bits per heavy atom. The van der Waals surface area contributed by atoms with E-state index in [0.29, 0.717) is 17.9 Å². The largest absolute Gasteiger partial charge is 0.495 e. The van der Waals surface area contributed by atoms with Crippen molar-refractivity contribution in [2.45, 2.75) is 25.9 Å². The number of methoxy groups -OCH3 is 1. The Morgan fingerprint density at radius 3 is 2.79 bits per heavy atom. The van der Waals surface area contributed by atoms with Gasteiger partial charge >= 0.3 is 0 Å². The average Bonchev–Trinajstić information content (AvgIpc) is 2.37. The molecular weight excluding hydrogens is 244 g/mol. The van der Waals surface area contributed by atoms with Crippen LogP contribution in [0.5, 0.6) is 5.75 Å². The van der Waals surface area contributed by atoms with Crippen LogP contribution < -0.4 is 10.2 Å². The van der Waals surface area contributed by atoms with Crippen LogP contribution in [-0.4, -0.2) is 30.8 Å². The molecule has 0 saturated carbocycles. The molecule has 1 aromatic carbocycles. The fourth-order valence-electron chi connectivity index (χ4n) is 1.84. The first-order valence-electron chi connectivity index (χ1n) is 6.14. The number of hydrogen-bond donors (Lipinski definition) is 1. The Labute approximate surface area is 112 Å². The van der Waals surface area contributed by atoms with Crippen LogP contribution in [0.3, 0.4) is 0 Å². The summed E-state index contributed by atoms with van der Waals surface area (Å²) in [6, 6.07) is 7.40. The Morgan fingerprint density at radius 2 is 2.11 bits per heavy atom. The number of rotatable bonds is 3. The van der Waals surface area contributed by atoms with Gasteiger partial charge in [0.2, 0.25) is 0 Å². The number of carbonyl (C=O) groups is 1. The van der Waals surface area contributed by atoms with Crippen molar-refractivity contribution >= 4 is 17.2 Å². The van der Waals surface area contributed by atoms with Crippen LogP contribution in [0, 0.1) is 0 Å². The maximum Gasteiger partial charge on any atom is 0.184 e. The van der Waals surface area contributed by atoms with E-state index in [2.05, 4.69) is 10.5 Å². The molecule has 2 rings (SSSR count). The second kappa shape index (κ2) is 5.40. The van der Waals surface area contributed by atoms with Gasteiger partial charge < -0.3 is 9.47 Å². The van der Waals surface area contributed by atoms with Gasteiger partial charge in [0, 0.05) is 6.42 Å². The van der Waals surface area contributed by atoms with Gasteiger partial charge in [0.05, 0.1) is 25.0 Å². The number of ether oxygens (including phenoxy) is 2. The Balaban J connectivity index is 2.09. The molecule has 1 aliphatic heterocycles. The third kappa shape index (κ3) is 3.32. The normalized spacial score (nSPS) is 20.4. The van der Waals surface area contributed by atoms with Crippen molar-refractivity contribution in [1.82, 2.24) is 0 Å². The van der Waals surface area contributed by atoms with Crippen molar-refractivity contribution in [3.05, 3.63) is 24.3 Å². The molecule has 1 aromatic rings. The number of hydrazone groups is 1. The third-order valence-electron chi connectivity index (χ3n) is 2.93. The molecule has 1 aliphatic rings. The molecule has 0 atom stereocenters. The lowest BCUT2D eigenvalue weighted by Crippen LogP contribution is -2.40. The standard InChI is InChI=1S/C14H18N2O3/c1-14(2)8-12(17)11(9-19-14)16-15-10-6-4-5-7-13(10)18-3/h4-7,15H,8-9H2,1-3H3/b16-11+. The maximum absolute atomic E-state index is 11.9. The van der Waals surface area contributed by atoms with E-state index in [1.165, 1.54) is 0 Å². The number of hydrogen-bond acceptors (Lipinski definition) is 5. The van der Waals surface area contributed by atoms with Crippen molar-refractivity contribution in [3.8, 4) is 5.75 Å². The van der Waals surface area contributed by atoms with E-state index in [-0.39, 0.29) is 12.4 Å². The molecule has 0 bridgehead atoms. The van der Waals surface area contributed by atoms with Crippen LogP contribution in [-0.2, 0) is 9.53 Å². The Hall–Kier alpha value is -1.88. The number of carbonyl (C=O) groups excluding carboxylic acids is 1. The van der Waals surface area contributed by atoms with Gasteiger partial charge in [-0.05, 0) is 26.0 Å². The van der Waals surface area contributed by atoms with Gasteiger partial charge in [-0.1, -0.05) is 12.1 Å². The van der Waals surface area contributed by atoms with Gasteiger partial charge in [-0.25, -0.2) is 0 Å². The highest BCUT2D eigenvalue weighted by Gasteiger charge is 2.31. The maximum atomic E-state index is 11.9. The quantitative estimate of drug-likeness (QED) is 0.849. The molecule has 1 heterocycles. The summed E-state index contributed by atoms with van der Waals surface area (Å²) in [5, 5.41) is 4.12. The van der Waals surface area contributed by atoms with Crippen LogP contribution in [0.2, 0.25) is 0 Å². The van der Waals surface area contributed by atoms with Gasteiger partial charge in [-0.2, -0.15) is 5.10 Å². The monoisotopic (exact) mass is 262 g/mol. The molecule has 1 saturated heterocycles. The average molecular weight is 262 g/mol. The molecule has 1 fully saturated rings. The smallest absolute Gasteiger partial charge is 0.184 e. The molecule has 1 N–H and O–H groups in total. The zero-order valence-corrected chi connectivity index (χ0v) is 11.4. The van der Waals surface area contributed by atoms with Gasteiger partial charge in [0.1, 0.15) is 11.5 Å². The molecule has 19 heavy (non-hydrogen) atoms. The molecule has 0 spiro atoms. The summed E-state index contributed by atoms with van der Waals surface area (Å²) in [4.78, 5) is 11.9. The van der Waals surface area contributed by atoms with Crippen LogP contribution in [0.1, 0.15) is 20.3 Å². The second-order valence-electron chi connectivity index (χ2n) is 5.02. The Kier molecular flexibility index (Phi) is 3.85. The van der Waals surface area contributed by atoms with E-state index < -0.39 is 5.60 Å². The van der Waals surface area contributed by atoms with Crippen molar-refractivity contribution in [1.29, 1.82) is 0 Å². The minimum Gasteiger partial charge on any atom is -0.495 e. The zero-order chi connectivity index (χ0) is 13.9. The fourth-order valence-corrected chi connectivity index (χ4v) is 1.84. The summed E-state index contributed by atoms with van der Waals surface area (Å²) >= 11 is 0. The van der Waals surface area contributed by atoms with Crippen molar-refractivity contribution < 1.29 is 14.3 Å². The van der Waals surface area contributed by atoms with Gasteiger partial charge in [0.15, 0.2) is 5.78 Å². The SMILES string of the molecule is COc1ccccc1N/N=C1\COC(C)(C)CC1=O. The zero-order valence-electron chi connectivity index (χ0n) is 11.4. The second-order valence-corrected chi connectivity index (χ2v) is 5.02. The number of Topliss-reactive ketones (excluding diaryl/α,β-unsaturated/α-hetero) is 1. The highest BCUT2D eigenvalue weighted by molar-refractivity contribution is 6.41. The number of anilines is 1. The van der Waals surface area contributed by atoms with Crippen molar-refractivity contribution in [3.63, 3.8) is 0 Å². The van der Waals surface area contributed by atoms with E-state index in [1.54, 1.807) is 7.11 Å². The first-order valence-corrected chi connectivity index (χ1v) is 6.14. The molecule has 0 amide bonds. The highest BCUT2D eigenvalue weighted by Crippen LogP contribution is 2.24. The van der Waals surface area contributed by atoms with E-state index in [9.17, 15) is 4.79 Å². The molecule has 102 valence electrons. The summed E-state index contributed by atoms with van der Waals surface area (Å²) < 4.78 is 10.8. The first-order chi connectivity index (χ1) is 9.02. The van der Waals surface area contributed by atoms with Gasteiger partial charge in [-0.3, -0.25) is 10.2 Å². The summed E-state index contributed by atoms with van der Waals surface area (Å²) in [6.07, 6.45) is 0.347. The van der Waals surface area contributed by atoms with Crippen LogP contribution >= 0.6 is 0 Å². The molecule has 5 nitrogen and oxygen atoms in total. The van der Waals surface area contributed by atoms with Crippen LogP contribution in [0.4, 0.5) is 5.69 Å². The Bertz CT molecular complexity index is 509. The molecule has 0 unspecified atom stereocenters. The van der Waals surface area contributed by atoms with Gasteiger partial charge in [0.25, 0.3) is 0 Å².